The van der Waals surface area contributed by atoms with E-state index in [2.05, 4.69) is 15.1 Å². The predicted octanol–water partition coefficient (Wildman–Crippen LogP) is 2.54. The summed E-state index contributed by atoms with van der Waals surface area (Å²) in [6.45, 7) is 4.59. The molecule has 2 N–H and O–H groups in total. The van der Waals surface area contributed by atoms with Crippen LogP contribution in [0.15, 0.2) is 42.5 Å². The molecule has 0 unspecified atom stereocenters. The number of aromatic amines is 1. The van der Waals surface area contributed by atoms with E-state index in [0.717, 1.165) is 22.2 Å². The minimum absolute atomic E-state index is 0.0474. The van der Waals surface area contributed by atoms with E-state index in [0.29, 0.717) is 31.9 Å². The summed E-state index contributed by atoms with van der Waals surface area (Å²) in [7, 11) is 0. The van der Waals surface area contributed by atoms with E-state index in [4.69, 9.17) is 0 Å². The van der Waals surface area contributed by atoms with Crippen LogP contribution in [0.5, 0.6) is 5.75 Å². The number of nitrogens with zero attached hydrogens (tertiary/aromatic N) is 3. The molecule has 2 aromatic carbocycles. The van der Waals surface area contributed by atoms with Gasteiger partial charge in [0.25, 0.3) is 5.91 Å². The third kappa shape index (κ3) is 2.80. The Balaban J connectivity index is 1.51. The lowest BCUT2D eigenvalue weighted by atomic mass is 10.1. The first-order valence-corrected chi connectivity index (χ1v) is 8.40. The Morgan fingerprint density at radius 3 is 2.64 bits per heavy atom. The van der Waals surface area contributed by atoms with Crippen molar-refractivity contribution in [2.45, 2.75) is 6.92 Å². The van der Waals surface area contributed by atoms with Crippen molar-refractivity contribution < 1.29 is 9.90 Å². The number of piperazine rings is 1. The molecule has 128 valence electrons. The van der Waals surface area contributed by atoms with Gasteiger partial charge in [-0.25, -0.2) is 0 Å². The van der Waals surface area contributed by atoms with Crippen molar-refractivity contribution in [1.82, 2.24) is 15.1 Å². The number of phenolic OH excluding ortho intramolecular Hbond substituents is 1. The SMILES string of the molecule is Cc1ccc2[nH]nc(C(=O)N3CCN(c4ccccc4O)CC3)c2c1. The fourth-order valence-electron chi connectivity index (χ4n) is 3.32. The second-order valence-electron chi connectivity index (χ2n) is 6.39. The maximum absolute atomic E-state index is 12.9. The fraction of sp³-hybridized carbons (Fsp3) is 0.263. The topological polar surface area (TPSA) is 72.5 Å². The van der Waals surface area contributed by atoms with Crippen molar-refractivity contribution in [1.29, 1.82) is 0 Å². The quantitative estimate of drug-likeness (QED) is 0.754. The molecular formula is C19H20N4O2. The summed E-state index contributed by atoms with van der Waals surface area (Å²) in [4.78, 5) is 16.8. The zero-order valence-corrected chi connectivity index (χ0v) is 14.1. The van der Waals surface area contributed by atoms with Gasteiger partial charge in [-0.1, -0.05) is 23.8 Å². The molecule has 0 radical (unpaired) electrons. The van der Waals surface area contributed by atoms with Crippen molar-refractivity contribution in [2.75, 3.05) is 31.1 Å². The van der Waals surface area contributed by atoms with Gasteiger partial charge in [0.05, 0.1) is 11.2 Å². The van der Waals surface area contributed by atoms with E-state index in [1.165, 1.54) is 0 Å². The summed E-state index contributed by atoms with van der Waals surface area (Å²) in [5, 5.41) is 18.0. The molecule has 4 rings (SSSR count). The predicted molar refractivity (Wildman–Crippen MR) is 97.1 cm³/mol. The number of nitrogens with one attached hydrogen (secondary N) is 1. The number of carbonyl (C=O) groups is 1. The van der Waals surface area contributed by atoms with Crippen molar-refractivity contribution in [3.63, 3.8) is 0 Å². The summed E-state index contributed by atoms with van der Waals surface area (Å²) in [6.07, 6.45) is 0. The molecule has 1 aliphatic heterocycles. The number of anilines is 1. The van der Waals surface area contributed by atoms with Gasteiger partial charge in [-0.2, -0.15) is 5.10 Å². The number of hydrogen-bond acceptors (Lipinski definition) is 4. The Morgan fingerprint density at radius 2 is 1.88 bits per heavy atom. The summed E-state index contributed by atoms with van der Waals surface area (Å²) in [5.74, 6) is 0.227. The number of rotatable bonds is 2. The summed E-state index contributed by atoms with van der Waals surface area (Å²) in [5.41, 5.74) is 3.28. The highest BCUT2D eigenvalue weighted by Crippen LogP contribution is 2.27. The molecule has 3 aromatic rings. The monoisotopic (exact) mass is 336 g/mol. The van der Waals surface area contributed by atoms with E-state index in [1.54, 1.807) is 6.07 Å². The van der Waals surface area contributed by atoms with E-state index in [9.17, 15) is 9.90 Å². The molecule has 25 heavy (non-hydrogen) atoms. The summed E-state index contributed by atoms with van der Waals surface area (Å²) < 4.78 is 0. The molecule has 2 heterocycles. The van der Waals surface area contributed by atoms with Gasteiger partial charge in [0.1, 0.15) is 5.75 Å². The molecule has 1 fully saturated rings. The number of para-hydroxylation sites is 2. The van der Waals surface area contributed by atoms with Gasteiger partial charge >= 0.3 is 0 Å². The van der Waals surface area contributed by atoms with Crippen LogP contribution in [0.3, 0.4) is 0 Å². The number of carbonyl (C=O) groups excluding carboxylic acids is 1. The number of aromatic nitrogens is 2. The van der Waals surface area contributed by atoms with Gasteiger partial charge in [0.2, 0.25) is 0 Å². The Morgan fingerprint density at radius 1 is 1.12 bits per heavy atom. The first kappa shape index (κ1) is 15.5. The standard InChI is InChI=1S/C19H20N4O2/c1-13-6-7-15-14(12-13)18(21-20-15)19(25)23-10-8-22(9-11-23)16-4-2-3-5-17(16)24/h2-7,12,24H,8-11H2,1H3,(H,20,21). The fourth-order valence-corrected chi connectivity index (χ4v) is 3.32. The van der Waals surface area contributed by atoms with Gasteiger partial charge in [0, 0.05) is 31.6 Å². The number of hydrogen-bond donors (Lipinski definition) is 2. The average Bonchev–Trinajstić information content (AvgIpc) is 3.05. The lowest BCUT2D eigenvalue weighted by Crippen LogP contribution is -2.49. The van der Waals surface area contributed by atoms with Crippen LogP contribution in [0.4, 0.5) is 5.69 Å². The highest BCUT2D eigenvalue weighted by atomic mass is 16.3. The highest BCUT2D eigenvalue weighted by Gasteiger charge is 2.26. The minimum Gasteiger partial charge on any atom is -0.506 e. The Kier molecular flexibility index (Phi) is 3.80. The molecule has 1 amide bonds. The highest BCUT2D eigenvalue weighted by molar-refractivity contribution is 6.04. The molecule has 0 saturated carbocycles. The van der Waals surface area contributed by atoms with Crippen LogP contribution in [0.25, 0.3) is 10.9 Å². The van der Waals surface area contributed by atoms with Gasteiger partial charge in [-0.15, -0.1) is 0 Å². The molecule has 0 aliphatic carbocycles. The number of amides is 1. The number of H-pyrrole nitrogens is 1. The van der Waals surface area contributed by atoms with Crippen LogP contribution in [-0.2, 0) is 0 Å². The third-order valence-electron chi connectivity index (χ3n) is 4.71. The van der Waals surface area contributed by atoms with Gasteiger partial charge < -0.3 is 14.9 Å². The zero-order chi connectivity index (χ0) is 17.4. The van der Waals surface area contributed by atoms with E-state index < -0.39 is 0 Å². The molecule has 6 heteroatoms. The zero-order valence-electron chi connectivity index (χ0n) is 14.1. The number of phenols is 1. The van der Waals surface area contributed by atoms with Crippen LogP contribution in [-0.4, -0.2) is 52.3 Å². The Hall–Kier alpha value is -3.02. The van der Waals surface area contributed by atoms with Crippen LogP contribution in [0, 0.1) is 6.92 Å². The van der Waals surface area contributed by atoms with Crippen molar-refractivity contribution in [3.8, 4) is 5.75 Å². The number of aryl methyl sites for hydroxylation is 1. The van der Waals surface area contributed by atoms with Crippen molar-refractivity contribution in [2.24, 2.45) is 0 Å². The first-order valence-electron chi connectivity index (χ1n) is 8.40. The largest absolute Gasteiger partial charge is 0.506 e. The van der Waals surface area contributed by atoms with Crippen LogP contribution in [0.2, 0.25) is 0 Å². The second kappa shape index (κ2) is 6.12. The molecule has 1 aliphatic rings. The smallest absolute Gasteiger partial charge is 0.275 e. The third-order valence-corrected chi connectivity index (χ3v) is 4.71. The molecule has 1 aromatic heterocycles. The molecule has 1 saturated heterocycles. The Labute approximate surface area is 145 Å². The van der Waals surface area contributed by atoms with Crippen LogP contribution in [0.1, 0.15) is 16.1 Å². The van der Waals surface area contributed by atoms with Crippen molar-refractivity contribution >= 4 is 22.5 Å². The van der Waals surface area contributed by atoms with E-state index in [1.807, 2.05) is 48.2 Å². The average molecular weight is 336 g/mol. The normalized spacial score (nSPS) is 14.9. The number of aromatic hydroxyl groups is 1. The molecule has 0 atom stereocenters. The minimum atomic E-state index is -0.0474. The summed E-state index contributed by atoms with van der Waals surface area (Å²) >= 11 is 0. The number of benzene rings is 2. The van der Waals surface area contributed by atoms with Crippen LogP contribution < -0.4 is 4.90 Å². The van der Waals surface area contributed by atoms with Crippen molar-refractivity contribution in [3.05, 3.63) is 53.7 Å². The lowest BCUT2D eigenvalue weighted by molar-refractivity contribution is 0.0742. The maximum Gasteiger partial charge on any atom is 0.275 e. The molecular weight excluding hydrogens is 316 g/mol. The molecule has 6 nitrogen and oxygen atoms in total. The first-order chi connectivity index (χ1) is 12.1. The van der Waals surface area contributed by atoms with Gasteiger partial charge in [-0.3, -0.25) is 9.89 Å². The maximum atomic E-state index is 12.9. The lowest BCUT2D eigenvalue weighted by Gasteiger charge is -2.36. The Bertz CT molecular complexity index is 926. The van der Waals surface area contributed by atoms with Gasteiger partial charge in [0.15, 0.2) is 5.69 Å². The number of fused-ring (bicyclic) bond motifs is 1. The molecule has 0 spiro atoms. The second-order valence-corrected chi connectivity index (χ2v) is 6.39. The van der Waals surface area contributed by atoms with E-state index in [-0.39, 0.29) is 11.7 Å². The van der Waals surface area contributed by atoms with Crippen LogP contribution >= 0.6 is 0 Å². The summed E-state index contributed by atoms with van der Waals surface area (Å²) in [6, 6.07) is 13.2. The van der Waals surface area contributed by atoms with E-state index >= 15 is 0 Å². The molecule has 0 bridgehead atoms. The van der Waals surface area contributed by atoms with Gasteiger partial charge in [-0.05, 0) is 31.2 Å².